The molecule has 0 aliphatic carbocycles. The Labute approximate surface area is 156 Å². The van der Waals surface area contributed by atoms with Crippen molar-refractivity contribution in [2.24, 2.45) is 7.05 Å². The van der Waals surface area contributed by atoms with E-state index in [1.807, 2.05) is 19.1 Å². The third-order valence-electron chi connectivity index (χ3n) is 4.30. The van der Waals surface area contributed by atoms with Gasteiger partial charge in [-0.3, -0.25) is 4.79 Å². The number of nitrogens with one attached hydrogen (secondary N) is 1. The summed E-state index contributed by atoms with van der Waals surface area (Å²) >= 11 is 1.04. The lowest BCUT2D eigenvalue weighted by atomic mass is 10.1. The maximum absolute atomic E-state index is 12.8. The molecule has 8 heteroatoms. The van der Waals surface area contributed by atoms with Crippen LogP contribution in [-0.2, 0) is 17.1 Å². The van der Waals surface area contributed by atoms with Gasteiger partial charge in [-0.1, -0.05) is 30.4 Å². The van der Waals surface area contributed by atoms with Gasteiger partial charge in [0.15, 0.2) is 0 Å². The zero-order valence-corrected chi connectivity index (χ0v) is 16.4. The molecule has 0 amide bonds. The monoisotopic (exact) mass is 392 g/mol. The van der Waals surface area contributed by atoms with E-state index in [2.05, 4.69) is 4.72 Å². The van der Waals surface area contributed by atoms with E-state index in [0.717, 1.165) is 28.2 Å². The molecule has 26 heavy (non-hydrogen) atoms. The maximum Gasteiger partial charge on any atom is 0.307 e. The second kappa shape index (κ2) is 7.22. The first-order chi connectivity index (χ1) is 12.4. The van der Waals surface area contributed by atoms with Crippen molar-refractivity contribution in [1.29, 1.82) is 0 Å². The lowest BCUT2D eigenvalue weighted by Crippen LogP contribution is -2.28. The van der Waals surface area contributed by atoms with Crippen molar-refractivity contribution >= 4 is 31.6 Å². The Morgan fingerprint density at radius 2 is 1.88 bits per heavy atom. The molecule has 0 saturated heterocycles. The van der Waals surface area contributed by atoms with E-state index < -0.39 is 10.0 Å². The summed E-state index contributed by atoms with van der Waals surface area (Å²) < 4.78 is 35.7. The SMILES string of the molecule is CC[C@H](NS(=O)(=O)c1ccc2c(c1)sc(=O)n2C)c1ccc(OC)cc1. The van der Waals surface area contributed by atoms with Crippen LogP contribution in [0.3, 0.4) is 0 Å². The largest absolute Gasteiger partial charge is 0.497 e. The molecule has 0 aliphatic heterocycles. The zero-order chi connectivity index (χ0) is 18.9. The molecule has 0 unspecified atom stereocenters. The Bertz CT molecular complexity index is 1080. The van der Waals surface area contributed by atoms with Gasteiger partial charge >= 0.3 is 4.87 Å². The predicted molar refractivity (Wildman–Crippen MR) is 103 cm³/mol. The molecular formula is C18H20N2O4S2. The highest BCUT2D eigenvalue weighted by Crippen LogP contribution is 2.25. The third-order valence-corrected chi connectivity index (χ3v) is 6.76. The molecule has 1 heterocycles. The van der Waals surface area contributed by atoms with Gasteiger partial charge in [-0.25, -0.2) is 13.1 Å². The van der Waals surface area contributed by atoms with Crippen LogP contribution in [-0.4, -0.2) is 20.1 Å². The predicted octanol–water partition coefficient (Wildman–Crippen LogP) is 3.04. The van der Waals surface area contributed by atoms with Crippen molar-refractivity contribution in [2.75, 3.05) is 7.11 Å². The summed E-state index contributed by atoms with van der Waals surface area (Å²) in [6.45, 7) is 1.92. The van der Waals surface area contributed by atoms with Gasteiger partial charge in [0, 0.05) is 13.1 Å². The summed E-state index contributed by atoms with van der Waals surface area (Å²) in [7, 11) is -0.459. The Morgan fingerprint density at radius 3 is 2.50 bits per heavy atom. The van der Waals surface area contributed by atoms with Gasteiger partial charge in [0.25, 0.3) is 0 Å². The smallest absolute Gasteiger partial charge is 0.307 e. The molecule has 3 aromatic rings. The topological polar surface area (TPSA) is 77.4 Å². The fraction of sp³-hybridized carbons (Fsp3) is 0.278. The first-order valence-corrected chi connectivity index (χ1v) is 10.4. The first-order valence-electron chi connectivity index (χ1n) is 8.11. The second-order valence-electron chi connectivity index (χ2n) is 5.91. The van der Waals surface area contributed by atoms with Gasteiger partial charge in [-0.2, -0.15) is 0 Å². The molecule has 0 radical (unpaired) electrons. The summed E-state index contributed by atoms with van der Waals surface area (Å²) in [5.41, 5.74) is 1.59. The summed E-state index contributed by atoms with van der Waals surface area (Å²) in [5, 5.41) is 0. The standard InChI is InChI=1S/C18H20N2O4S2/c1-4-15(12-5-7-13(24-3)8-6-12)19-26(22,23)14-9-10-16-17(11-14)25-18(21)20(16)2/h5-11,15,19H,4H2,1-3H3/t15-/m0/s1. The first kappa shape index (κ1) is 18.6. The van der Waals surface area contributed by atoms with Gasteiger partial charge in [-0.15, -0.1) is 0 Å². The van der Waals surface area contributed by atoms with Crippen LogP contribution in [0.5, 0.6) is 5.75 Å². The molecular weight excluding hydrogens is 372 g/mol. The van der Waals surface area contributed by atoms with Crippen LogP contribution in [0.15, 0.2) is 52.2 Å². The molecule has 1 aromatic heterocycles. The van der Waals surface area contributed by atoms with E-state index in [1.165, 1.54) is 10.6 Å². The summed E-state index contributed by atoms with van der Waals surface area (Å²) in [5.74, 6) is 0.718. The van der Waals surface area contributed by atoms with Crippen LogP contribution < -0.4 is 14.3 Å². The molecule has 3 rings (SSSR count). The quantitative estimate of drug-likeness (QED) is 0.699. The minimum absolute atomic E-state index is 0.118. The number of thiazole rings is 1. The molecule has 0 aliphatic rings. The normalized spacial score (nSPS) is 13.0. The molecule has 0 spiro atoms. The second-order valence-corrected chi connectivity index (χ2v) is 8.62. The number of nitrogens with zero attached hydrogens (tertiary/aromatic N) is 1. The Balaban J connectivity index is 1.92. The molecule has 0 saturated carbocycles. The molecule has 1 N–H and O–H groups in total. The average Bonchev–Trinajstić information content (AvgIpc) is 2.93. The summed E-state index contributed by atoms with van der Waals surface area (Å²) in [4.78, 5) is 11.8. The molecule has 0 bridgehead atoms. The number of rotatable bonds is 6. The van der Waals surface area contributed by atoms with Gasteiger partial charge < -0.3 is 9.30 Å². The fourth-order valence-corrected chi connectivity index (χ4v) is 5.09. The Hall–Kier alpha value is -2.16. The number of hydrogen-bond acceptors (Lipinski definition) is 5. The van der Waals surface area contributed by atoms with Gasteiger partial charge in [0.2, 0.25) is 10.0 Å². The summed E-state index contributed by atoms with van der Waals surface area (Å²) in [6, 6.07) is 11.7. The van der Waals surface area contributed by atoms with E-state index in [0.29, 0.717) is 11.1 Å². The van der Waals surface area contributed by atoms with Crippen molar-refractivity contribution in [3.05, 3.63) is 57.7 Å². The van der Waals surface area contributed by atoms with E-state index in [9.17, 15) is 13.2 Å². The molecule has 2 aromatic carbocycles. The molecule has 138 valence electrons. The van der Waals surface area contributed by atoms with Crippen molar-refractivity contribution in [2.45, 2.75) is 24.3 Å². The highest BCUT2D eigenvalue weighted by molar-refractivity contribution is 7.89. The molecule has 1 atom stereocenters. The number of benzene rings is 2. The lowest BCUT2D eigenvalue weighted by molar-refractivity contribution is 0.414. The number of sulfonamides is 1. The van der Waals surface area contributed by atoms with E-state index >= 15 is 0 Å². The number of methoxy groups -OCH3 is 1. The van der Waals surface area contributed by atoms with Crippen molar-refractivity contribution in [3.8, 4) is 5.75 Å². The van der Waals surface area contributed by atoms with Crippen molar-refractivity contribution < 1.29 is 13.2 Å². The van der Waals surface area contributed by atoms with E-state index in [-0.39, 0.29) is 15.8 Å². The van der Waals surface area contributed by atoms with Crippen LogP contribution in [0.25, 0.3) is 10.2 Å². The maximum atomic E-state index is 12.8. The average molecular weight is 393 g/mol. The number of aromatic nitrogens is 1. The van der Waals surface area contributed by atoms with Crippen molar-refractivity contribution in [3.63, 3.8) is 0 Å². The van der Waals surface area contributed by atoms with Crippen LogP contribution in [0.1, 0.15) is 24.9 Å². The van der Waals surface area contributed by atoms with Crippen LogP contribution >= 0.6 is 11.3 Å². The van der Waals surface area contributed by atoms with E-state index in [4.69, 9.17) is 4.74 Å². The van der Waals surface area contributed by atoms with E-state index in [1.54, 1.807) is 38.4 Å². The number of hydrogen-bond donors (Lipinski definition) is 1. The Morgan fingerprint density at radius 1 is 1.19 bits per heavy atom. The lowest BCUT2D eigenvalue weighted by Gasteiger charge is -2.18. The minimum Gasteiger partial charge on any atom is -0.497 e. The van der Waals surface area contributed by atoms with Crippen molar-refractivity contribution in [1.82, 2.24) is 9.29 Å². The van der Waals surface area contributed by atoms with Gasteiger partial charge in [0.1, 0.15) is 5.75 Å². The third kappa shape index (κ3) is 3.53. The number of ether oxygens (including phenoxy) is 1. The van der Waals surface area contributed by atoms with Gasteiger partial charge in [0.05, 0.1) is 22.2 Å². The van der Waals surface area contributed by atoms with Gasteiger partial charge in [-0.05, 0) is 42.3 Å². The number of aryl methyl sites for hydroxylation is 1. The minimum atomic E-state index is -3.72. The fourth-order valence-electron chi connectivity index (χ4n) is 2.76. The van der Waals surface area contributed by atoms with Crippen LogP contribution in [0.2, 0.25) is 0 Å². The van der Waals surface area contributed by atoms with Crippen LogP contribution in [0, 0.1) is 0 Å². The Kier molecular flexibility index (Phi) is 5.17. The molecule has 0 fully saturated rings. The zero-order valence-electron chi connectivity index (χ0n) is 14.7. The van der Waals surface area contributed by atoms with Crippen LogP contribution in [0.4, 0.5) is 0 Å². The number of fused-ring (bicyclic) bond motifs is 1. The molecule has 6 nitrogen and oxygen atoms in total. The summed E-state index contributed by atoms with van der Waals surface area (Å²) in [6.07, 6.45) is 0.604. The highest BCUT2D eigenvalue weighted by Gasteiger charge is 2.21. The highest BCUT2D eigenvalue weighted by atomic mass is 32.2.